The van der Waals surface area contributed by atoms with Crippen molar-refractivity contribution >= 4 is 46.0 Å². The van der Waals surface area contributed by atoms with Gasteiger partial charge in [0.25, 0.3) is 0 Å². The quantitative estimate of drug-likeness (QED) is 0.106. The molecule has 2 aromatic heterocycles. The van der Waals surface area contributed by atoms with Gasteiger partial charge in [0, 0.05) is 18.7 Å². The van der Waals surface area contributed by atoms with Crippen molar-refractivity contribution in [2.45, 2.75) is 60.9 Å². The molecule has 0 aliphatic carbocycles. The average Bonchev–Trinajstić information content (AvgIpc) is 3.32. The molecule has 1 aromatic carbocycles. The normalized spacial score (nSPS) is 10.3. The van der Waals surface area contributed by atoms with Gasteiger partial charge in [0.1, 0.15) is 17.0 Å². The van der Waals surface area contributed by atoms with E-state index in [9.17, 15) is 0 Å². The van der Waals surface area contributed by atoms with Gasteiger partial charge in [-0.05, 0) is 71.4 Å². The molecule has 0 fully saturated rings. The van der Waals surface area contributed by atoms with Crippen LogP contribution in [0.3, 0.4) is 0 Å². The van der Waals surface area contributed by atoms with Crippen LogP contribution >= 0.6 is 34.8 Å². The summed E-state index contributed by atoms with van der Waals surface area (Å²) in [5, 5.41) is 1.03. The van der Waals surface area contributed by atoms with Crippen molar-refractivity contribution in [2.75, 3.05) is 34.4 Å². The Balaban J connectivity index is 0.00000102. The van der Waals surface area contributed by atoms with Crippen LogP contribution in [-0.2, 0) is 11.3 Å². The predicted octanol–water partition coefficient (Wildman–Crippen LogP) is 8.97. The summed E-state index contributed by atoms with van der Waals surface area (Å²) in [4.78, 5) is 15.2. The van der Waals surface area contributed by atoms with E-state index < -0.39 is 0 Å². The van der Waals surface area contributed by atoms with E-state index in [1.807, 2.05) is 46.4 Å². The zero-order chi connectivity index (χ0) is 30.0. The summed E-state index contributed by atoms with van der Waals surface area (Å²) in [5.41, 5.74) is 2.49. The largest absolute Gasteiger partial charge is 0.502 e. The number of fused-ring (bicyclic) bond motifs is 1. The fraction of sp³-hybridized carbons (Fsp3) is 0.483. The Labute approximate surface area is 249 Å². The average molecular weight is 601 g/mol. The number of halogens is 3. The van der Waals surface area contributed by atoms with E-state index in [-0.39, 0.29) is 5.28 Å². The Morgan fingerprint density at radius 1 is 1.10 bits per heavy atom. The molecule has 3 aromatic rings. The van der Waals surface area contributed by atoms with Crippen LogP contribution in [0.1, 0.15) is 54.4 Å². The smallest absolute Gasteiger partial charge is 0.225 e. The van der Waals surface area contributed by atoms with Crippen LogP contribution in [-0.4, -0.2) is 58.8 Å². The molecule has 0 aliphatic rings. The molecule has 0 amide bonds. The molecule has 39 heavy (non-hydrogen) atoms. The molecule has 10 heteroatoms. The molecule has 218 valence electrons. The molecule has 0 bridgehead atoms. The maximum atomic E-state index is 6.45. The monoisotopic (exact) mass is 599 g/mol. The van der Waals surface area contributed by atoms with Gasteiger partial charge in [0.15, 0.2) is 5.65 Å². The maximum absolute atomic E-state index is 6.45. The Bertz CT molecular complexity index is 1160. The number of benzene rings is 1. The molecule has 0 saturated heterocycles. The highest BCUT2D eigenvalue weighted by atomic mass is 35.5. The molecule has 0 saturated carbocycles. The van der Waals surface area contributed by atoms with Gasteiger partial charge in [-0.1, -0.05) is 62.7 Å². The van der Waals surface area contributed by atoms with Crippen LogP contribution < -0.4 is 4.74 Å². The van der Waals surface area contributed by atoms with Crippen molar-refractivity contribution in [3.63, 3.8) is 0 Å². The number of rotatable bonds is 9. The first-order valence-corrected chi connectivity index (χ1v) is 14.2. The van der Waals surface area contributed by atoms with Crippen LogP contribution in [0, 0.1) is 0 Å². The summed E-state index contributed by atoms with van der Waals surface area (Å²) >= 11 is 18.9. The van der Waals surface area contributed by atoms with Gasteiger partial charge in [-0.2, -0.15) is 4.98 Å². The standard InChI is InChI=1S/C18H20Cl3N5O.C5H10.C4H8O.C2H6/c1-4-26-10-22-16-15(23-18(21)24-17(16)26)11-8-14(13(20)9-12(11)19)27-7-5-6-25(2)3;1-3-5-4-2;1-4(2)5-3;1-2/h8-10H,4-7H2,1-3H3;3,5H,4H2,1-2H3;1H2,2-3H3;1-2H3/b;5-3-;;. The van der Waals surface area contributed by atoms with E-state index in [0.29, 0.717) is 44.8 Å². The third kappa shape index (κ3) is 13.1. The number of nitrogens with zero attached hydrogens (tertiary/aromatic N) is 5. The molecular weight excluding hydrogens is 557 g/mol. The molecule has 3 rings (SSSR count). The van der Waals surface area contributed by atoms with E-state index >= 15 is 0 Å². The number of aryl methyl sites for hydroxylation is 1. The molecule has 0 aliphatic heterocycles. The minimum absolute atomic E-state index is 0.132. The van der Waals surface area contributed by atoms with Crippen molar-refractivity contribution in [3.05, 3.63) is 58.3 Å². The van der Waals surface area contributed by atoms with Crippen molar-refractivity contribution in [2.24, 2.45) is 0 Å². The highest BCUT2D eigenvalue weighted by Gasteiger charge is 2.18. The second kappa shape index (κ2) is 20.6. The molecule has 0 unspecified atom stereocenters. The van der Waals surface area contributed by atoms with E-state index in [2.05, 4.69) is 50.2 Å². The zero-order valence-corrected chi connectivity index (χ0v) is 27.1. The molecule has 2 heterocycles. The number of methoxy groups -OCH3 is 1. The summed E-state index contributed by atoms with van der Waals surface area (Å²) in [5.74, 6) is 1.30. The molecular formula is C29H44Cl3N5O2. The number of hydrogen-bond donors (Lipinski definition) is 0. The molecule has 0 N–H and O–H groups in total. The fourth-order valence-corrected chi connectivity index (χ4v) is 3.65. The fourth-order valence-electron chi connectivity index (χ4n) is 2.96. The van der Waals surface area contributed by atoms with Crippen molar-refractivity contribution in [3.8, 4) is 17.0 Å². The predicted molar refractivity (Wildman–Crippen MR) is 168 cm³/mol. The van der Waals surface area contributed by atoms with E-state index in [0.717, 1.165) is 31.7 Å². The third-order valence-electron chi connectivity index (χ3n) is 4.88. The van der Waals surface area contributed by atoms with Gasteiger partial charge in [-0.3, -0.25) is 0 Å². The number of ether oxygens (including phenoxy) is 2. The van der Waals surface area contributed by atoms with Crippen LogP contribution in [0.25, 0.3) is 22.4 Å². The lowest BCUT2D eigenvalue weighted by Crippen LogP contribution is -2.15. The van der Waals surface area contributed by atoms with Crippen LogP contribution in [0.2, 0.25) is 15.3 Å². The van der Waals surface area contributed by atoms with Crippen LogP contribution in [0.15, 0.2) is 43.0 Å². The van der Waals surface area contributed by atoms with E-state index in [4.69, 9.17) is 39.5 Å². The van der Waals surface area contributed by atoms with Gasteiger partial charge >= 0.3 is 0 Å². The summed E-state index contributed by atoms with van der Waals surface area (Å²) in [6, 6.07) is 3.43. The van der Waals surface area contributed by atoms with E-state index in [1.165, 1.54) is 0 Å². The summed E-state index contributed by atoms with van der Waals surface area (Å²) in [7, 11) is 5.64. The van der Waals surface area contributed by atoms with Gasteiger partial charge < -0.3 is 18.9 Å². The Morgan fingerprint density at radius 2 is 1.74 bits per heavy atom. The number of allylic oxidation sites excluding steroid dienone is 3. The second-order valence-corrected chi connectivity index (χ2v) is 9.35. The summed E-state index contributed by atoms with van der Waals surface area (Å²) in [6.07, 6.45) is 7.93. The van der Waals surface area contributed by atoms with E-state index in [1.54, 1.807) is 32.5 Å². The lowest BCUT2D eigenvalue weighted by Gasteiger charge is -2.13. The van der Waals surface area contributed by atoms with Gasteiger partial charge in [-0.25, -0.2) is 9.97 Å². The Kier molecular flexibility index (Phi) is 19.3. The molecule has 0 radical (unpaired) electrons. The summed E-state index contributed by atoms with van der Waals surface area (Å²) in [6.45, 7) is 17.6. The number of imidazole rings is 1. The first-order chi connectivity index (χ1) is 18.6. The van der Waals surface area contributed by atoms with Crippen molar-refractivity contribution in [1.82, 2.24) is 24.4 Å². The first kappa shape index (κ1) is 36.7. The van der Waals surface area contributed by atoms with Gasteiger partial charge in [0.2, 0.25) is 5.28 Å². The highest BCUT2D eigenvalue weighted by molar-refractivity contribution is 6.37. The first-order valence-electron chi connectivity index (χ1n) is 13.0. The Morgan fingerprint density at radius 3 is 2.23 bits per heavy atom. The number of aromatic nitrogens is 4. The lowest BCUT2D eigenvalue weighted by molar-refractivity contribution is 0.282. The highest BCUT2D eigenvalue weighted by Crippen LogP contribution is 2.38. The minimum atomic E-state index is 0.132. The SMILES string of the molecule is C/C=C\CC.C=C(C)OC.CC.CCn1cnc2c(-c3cc(OCCCN(C)C)c(Cl)cc3Cl)nc(Cl)nc21. The zero-order valence-electron chi connectivity index (χ0n) is 24.8. The molecule has 7 nitrogen and oxygen atoms in total. The second-order valence-electron chi connectivity index (χ2n) is 8.20. The number of hydrogen-bond acceptors (Lipinski definition) is 6. The van der Waals surface area contributed by atoms with Crippen LogP contribution in [0.4, 0.5) is 0 Å². The summed E-state index contributed by atoms with van der Waals surface area (Å²) < 4.78 is 12.3. The minimum Gasteiger partial charge on any atom is -0.502 e. The molecule has 0 atom stereocenters. The van der Waals surface area contributed by atoms with Gasteiger partial charge in [0.05, 0.1) is 35.8 Å². The topological polar surface area (TPSA) is 65.3 Å². The van der Waals surface area contributed by atoms with Gasteiger partial charge in [-0.15, -0.1) is 0 Å². The maximum Gasteiger partial charge on any atom is 0.225 e. The van der Waals surface area contributed by atoms with Crippen molar-refractivity contribution < 1.29 is 9.47 Å². The Hall–Kier alpha value is -2.32. The van der Waals surface area contributed by atoms with Crippen molar-refractivity contribution in [1.29, 1.82) is 0 Å². The molecule has 0 spiro atoms. The van der Waals surface area contributed by atoms with Crippen LogP contribution in [0.5, 0.6) is 5.75 Å². The third-order valence-corrected chi connectivity index (χ3v) is 5.66. The lowest BCUT2D eigenvalue weighted by atomic mass is 10.1.